The molecule has 1 amide bonds. The van der Waals surface area contributed by atoms with Crippen LogP contribution in [0, 0.1) is 6.92 Å². The predicted octanol–water partition coefficient (Wildman–Crippen LogP) is 2.83. The Hall–Kier alpha value is -2.82. The maximum absolute atomic E-state index is 12.8. The molecule has 0 aliphatic carbocycles. The number of aromatic amines is 2. The molecule has 0 radical (unpaired) electrons. The SMILES string of the molecule is CCN(C(=O)c1ccc2[nH]c(=O)[nH]c2c1)c1cccc(C)c1. The Balaban J connectivity index is 2.00. The summed E-state index contributed by atoms with van der Waals surface area (Å²) in [4.78, 5) is 31.1. The first kappa shape index (κ1) is 14.1. The molecule has 5 heteroatoms. The molecular weight excluding hydrogens is 278 g/mol. The van der Waals surface area contributed by atoms with Gasteiger partial charge >= 0.3 is 5.69 Å². The van der Waals surface area contributed by atoms with E-state index >= 15 is 0 Å². The number of fused-ring (bicyclic) bond motifs is 1. The standard InChI is InChI=1S/C17H17N3O2/c1-3-20(13-6-4-5-11(2)9-13)16(21)12-7-8-14-15(10-12)19-17(22)18-14/h4-10H,3H2,1-2H3,(H2,18,19,22). The molecule has 3 rings (SSSR count). The molecule has 0 fully saturated rings. The fourth-order valence-electron chi connectivity index (χ4n) is 2.56. The van der Waals surface area contributed by atoms with Crippen molar-refractivity contribution in [2.24, 2.45) is 0 Å². The van der Waals surface area contributed by atoms with Crippen molar-refractivity contribution in [2.45, 2.75) is 13.8 Å². The van der Waals surface area contributed by atoms with E-state index in [9.17, 15) is 9.59 Å². The van der Waals surface area contributed by atoms with E-state index in [1.54, 1.807) is 23.1 Å². The molecular formula is C17H17N3O2. The molecule has 1 heterocycles. The minimum atomic E-state index is -0.273. The number of aromatic nitrogens is 2. The molecule has 0 aliphatic rings. The van der Waals surface area contributed by atoms with E-state index in [1.807, 2.05) is 38.1 Å². The average molecular weight is 295 g/mol. The fourth-order valence-corrected chi connectivity index (χ4v) is 2.56. The lowest BCUT2D eigenvalue weighted by molar-refractivity contribution is 0.0988. The summed E-state index contributed by atoms with van der Waals surface area (Å²) in [5, 5.41) is 0. The predicted molar refractivity (Wildman–Crippen MR) is 87.4 cm³/mol. The van der Waals surface area contributed by atoms with Gasteiger partial charge < -0.3 is 14.9 Å². The number of imidazole rings is 1. The summed E-state index contributed by atoms with van der Waals surface area (Å²) in [6.07, 6.45) is 0. The Labute approximate surface area is 127 Å². The number of benzene rings is 2. The molecule has 0 unspecified atom stereocenters. The monoisotopic (exact) mass is 295 g/mol. The van der Waals surface area contributed by atoms with Gasteiger partial charge in [0, 0.05) is 17.8 Å². The van der Waals surface area contributed by atoms with E-state index < -0.39 is 0 Å². The van der Waals surface area contributed by atoms with Crippen LogP contribution in [0.4, 0.5) is 5.69 Å². The van der Waals surface area contributed by atoms with Gasteiger partial charge in [-0.15, -0.1) is 0 Å². The Bertz CT molecular complexity index is 892. The van der Waals surface area contributed by atoms with E-state index in [2.05, 4.69) is 9.97 Å². The van der Waals surface area contributed by atoms with Crippen LogP contribution in [0.3, 0.4) is 0 Å². The molecule has 0 spiro atoms. The molecule has 22 heavy (non-hydrogen) atoms. The van der Waals surface area contributed by atoms with Crippen LogP contribution < -0.4 is 10.6 Å². The Morgan fingerprint density at radius 1 is 1.09 bits per heavy atom. The normalized spacial score (nSPS) is 10.8. The van der Waals surface area contributed by atoms with E-state index in [4.69, 9.17) is 0 Å². The van der Waals surface area contributed by atoms with Gasteiger partial charge in [0.1, 0.15) is 0 Å². The second-order valence-corrected chi connectivity index (χ2v) is 5.23. The number of anilines is 1. The Morgan fingerprint density at radius 2 is 1.86 bits per heavy atom. The highest BCUT2D eigenvalue weighted by Gasteiger charge is 2.17. The number of amides is 1. The van der Waals surface area contributed by atoms with E-state index in [0.717, 1.165) is 11.3 Å². The quantitative estimate of drug-likeness (QED) is 0.780. The van der Waals surface area contributed by atoms with E-state index in [0.29, 0.717) is 23.1 Å². The Kier molecular flexibility index (Phi) is 3.55. The zero-order chi connectivity index (χ0) is 15.7. The summed E-state index contributed by atoms with van der Waals surface area (Å²) < 4.78 is 0. The number of hydrogen-bond donors (Lipinski definition) is 2. The third-order valence-corrected chi connectivity index (χ3v) is 3.64. The van der Waals surface area contributed by atoms with Crippen molar-refractivity contribution >= 4 is 22.6 Å². The van der Waals surface area contributed by atoms with Gasteiger partial charge in [0.25, 0.3) is 5.91 Å². The molecule has 0 aliphatic heterocycles. The van der Waals surface area contributed by atoms with Crippen LogP contribution in [0.5, 0.6) is 0 Å². The highest BCUT2D eigenvalue weighted by Crippen LogP contribution is 2.20. The van der Waals surface area contributed by atoms with Crippen LogP contribution in [0.15, 0.2) is 47.3 Å². The van der Waals surface area contributed by atoms with Crippen molar-refractivity contribution in [1.29, 1.82) is 0 Å². The van der Waals surface area contributed by atoms with Crippen molar-refractivity contribution in [3.05, 3.63) is 64.1 Å². The summed E-state index contributed by atoms with van der Waals surface area (Å²) in [6, 6.07) is 13.0. The minimum Gasteiger partial charge on any atom is -0.309 e. The number of carbonyl (C=O) groups excluding carboxylic acids is 1. The topological polar surface area (TPSA) is 69.0 Å². The van der Waals surface area contributed by atoms with Crippen LogP contribution >= 0.6 is 0 Å². The summed E-state index contributed by atoms with van der Waals surface area (Å²) >= 11 is 0. The maximum atomic E-state index is 12.8. The lowest BCUT2D eigenvalue weighted by Gasteiger charge is -2.21. The lowest BCUT2D eigenvalue weighted by atomic mass is 10.1. The molecule has 0 atom stereocenters. The van der Waals surface area contributed by atoms with Crippen LogP contribution in [0.25, 0.3) is 11.0 Å². The smallest absolute Gasteiger partial charge is 0.309 e. The molecule has 0 bridgehead atoms. The van der Waals surface area contributed by atoms with Gasteiger partial charge in [0.2, 0.25) is 0 Å². The molecule has 5 nitrogen and oxygen atoms in total. The number of hydrogen-bond acceptors (Lipinski definition) is 2. The van der Waals surface area contributed by atoms with Crippen molar-refractivity contribution < 1.29 is 4.79 Å². The van der Waals surface area contributed by atoms with Crippen LogP contribution in [-0.4, -0.2) is 22.4 Å². The third kappa shape index (κ3) is 2.53. The van der Waals surface area contributed by atoms with Gasteiger partial charge in [0.15, 0.2) is 0 Å². The van der Waals surface area contributed by atoms with Gasteiger partial charge in [-0.25, -0.2) is 4.79 Å². The zero-order valence-electron chi connectivity index (χ0n) is 12.5. The number of nitrogens with zero attached hydrogens (tertiary/aromatic N) is 1. The molecule has 3 aromatic rings. The van der Waals surface area contributed by atoms with Gasteiger partial charge in [-0.3, -0.25) is 4.79 Å². The summed E-state index contributed by atoms with van der Waals surface area (Å²) in [5.41, 5.74) is 3.58. The van der Waals surface area contributed by atoms with E-state index in [1.165, 1.54) is 0 Å². The van der Waals surface area contributed by atoms with Gasteiger partial charge in [-0.1, -0.05) is 12.1 Å². The van der Waals surface area contributed by atoms with Gasteiger partial charge in [0.05, 0.1) is 11.0 Å². The molecule has 112 valence electrons. The van der Waals surface area contributed by atoms with Crippen molar-refractivity contribution in [3.8, 4) is 0 Å². The van der Waals surface area contributed by atoms with Gasteiger partial charge in [-0.2, -0.15) is 0 Å². The second-order valence-electron chi connectivity index (χ2n) is 5.23. The first-order chi connectivity index (χ1) is 10.6. The zero-order valence-corrected chi connectivity index (χ0v) is 12.5. The average Bonchev–Trinajstić information content (AvgIpc) is 2.87. The Morgan fingerprint density at radius 3 is 2.59 bits per heavy atom. The largest absolute Gasteiger partial charge is 0.323 e. The molecule has 0 saturated heterocycles. The van der Waals surface area contributed by atoms with Crippen molar-refractivity contribution in [3.63, 3.8) is 0 Å². The van der Waals surface area contributed by atoms with Crippen LogP contribution in [-0.2, 0) is 0 Å². The number of rotatable bonds is 3. The number of H-pyrrole nitrogens is 2. The van der Waals surface area contributed by atoms with E-state index in [-0.39, 0.29) is 11.6 Å². The first-order valence-electron chi connectivity index (χ1n) is 7.19. The number of nitrogens with one attached hydrogen (secondary N) is 2. The number of carbonyl (C=O) groups is 1. The highest BCUT2D eigenvalue weighted by molar-refractivity contribution is 6.07. The molecule has 2 N–H and O–H groups in total. The van der Waals surface area contributed by atoms with Crippen LogP contribution in [0.1, 0.15) is 22.8 Å². The number of aryl methyl sites for hydroxylation is 1. The van der Waals surface area contributed by atoms with Gasteiger partial charge in [-0.05, 0) is 49.7 Å². The summed E-state index contributed by atoms with van der Waals surface area (Å²) in [6.45, 7) is 4.51. The second kappa shape index (κ2) is 5.52. The van der Waals surface area contributed by atoms with Crippen LogP contribution in [0.2, 0.25) is 0 Å². The molecule has 0 saturated carbocycles. The van der Waals surface area contributed by atoms with Crippen molar-refractivity contribution in [1.82, 2.24) is 9.97 Å². The first-order valence-corrected chi connectivity index (χ1v) is 7.19. The lowest BCUT2D eigenvalue weighted by Crippen LogP contribution is -2.30. The summed E-state index contributed by atoms with van der Waals surface area (Å²) in [7, 11) is 0. The summed E-state index contributed by atoms with van der Waals surface area (Å²) in [5.74, 6) is -0.0861. The van der Waals surface area contributed by atoms with Crippen molar-refractivity contribution in [2.75, 3.05) is 11.4 Å². The molecule has 1 aromatic heterocycles. The third-order valence-electron chi connectivity index (χ3n) is 3.64. The molecule has 2 aromatic carbocycles. The minimum absolute atomic E-state index is 0.0861. The fraction of sp³-hybridized carbons (Fsp3) is 0.176. The highest BCUT2D eigenvalue weighted by atomic mass is 16.2. The maximum Gasteiger partial charge on any atom is 0.323 e.